The molecular formula is C22H16ClN5OS. The number of fused-ring (bicyclic) bond motifs is 1. The van der Waals surface area contributed by atoms with Crippen molar-refractivity contribution in [3.8, 4) is 11.3 Å². The lowest BCUT2D eigenvalue weighted by atomic mass is 10.0. The predicted octanol–water partition coefficient (Wildman–Crippen LogP) is 4.58. The maximum absolute atomic E-state index is 13.0. The lowest BCUT2D eigenvalue weighted by Gasteiger charge is -2.14. The van der Waals surface area contributed by atoms with E-state index in [2.05, 4.69) is 26.1 Å². The molecule has 0 aliphatic heterocycles. The van der Waals surface area contributed by atoms with Gasteiger partial charge in [0.1, 0.15) is 0 Å². The van der Waals surface area contributed by atoms with Gasteiger partial charge >= 0.3 is 0 Å². The SMILES string of the molecule is O=C(NNC(=S)Nc1cccc(Cl)c1)c1cc2cccnc2nc1-c1ccccc1. The van der Waals surface area contributed by atoms with Gasteiger partial charge in [-0.05, 0) is 48.6 Å². The summed E-state index contributed by atoms with van der Waals surface area (Å²) in [4.78, 5) is 21.9. The Morgan fingerprint density at radius 2 is 1.77 bits per heavy atom. The summed E-state index contributed by atoms with van der Waals surface area (Å²) in [6, 6.07) is 22.0. The Labute approximate surface area is 183 Å². The molecule has 6 nitrogen and oxygen atoms in total. The number of hydrogen-bond donors (Lipinski definition) is 3. The lowest BCUT2D eigenvalue weighted by molar-refractivity contribution is 0.0944. The van der Waals surface area contributed by atoms with Crippen LogP contribution in [0.1, 0.15) is 10.4 Å². The number of nitrogens with one attached hydrogen (secondary N) is 3. The van der Waals surface area contributed by atoms with Gasteiger partial charge in [0.25, 0.3) is 5.91 Å². The third-order valence-electron chi connectivity index (χ3n) is 4.25. The van der Waals surface area contributed by atoms with Gasteiger partial charge in [0.15, 0.2) is 10.8 Å². The van der Waals surface area contributed by atoms with Crippen molar-refractivity contribution in [3.63, 3.8) is 0 Å². The highest BCUT2D eigenvalue weighted by Gasteiger charge is 2.16. The molecule has 0 aliphatic rings. The Kier molecular flexibility index (Phi) is 5.83. The molecule has 4 aromatic rings. The number of hydrazine groups is 1. The molecule has 0 spiro atoms. The summed E-state index contributed by atoms with van der Waals surface area (Å²) in [5.41, 5.74) is 8.36. The number of anilines is 1. The predicted molar refractivity (Wildman–Crippen MR) is 123 cm³/mol. The van der Waals surface area contributed by atoms with Crippen molar-refractivity contribution in [1.29, 1.82) is 0 Å². The Hall–Kier alpha value is -3.55. The Bertz CT molecular complexity index is 1230. The van der Waals surface area contributed by atoms with Gasteiger partial charge in [0.2, 0.25) is 0 Å². The number of carbonyl (C=O) groups excluding carboxylic acids is 1. The summed E-state index contributed by atoms with van der Waals surface area (Å²) in [6.45, 7) is 0. The Morgan fingerprint density at radius 1 is 0.933 bits per heavy atom. The van der Waals surface area contributed by atoms with Crippen molar-refractivity contribution in [3.05, 3.63) is 89.6 Å². The van der Waals surface area contributed by atoms with E-state index in [0.29, 0.717) is 27.6 Å². The summed E-state index contributed by atoms with van der Waals surface area (Å²) in [5, 5.41) is 4.53. The molecule has 0 aliphatic carbocycles. The van der Waals surface area contributed by atoms with E-state index in [1.165, 1.54) is 0 Å². The lowest BCUT2D eigenvalue weighted by Crippen LogP contribution is -2.44. The number of thiocarbonyl (C=S) groups is 1. The standard InChI is InChI=1S/C22H16ClN5OS/c23-16-9-4-10-17(13-16)25-22(30)28-27-21(29)18-12-15-8-5-11-24-20(15)26-19(18)14-6-2-1-3-7-14/h1-13H,(H,27,29)(H2,25,28,30). The number of carbonyl (C=O) groups is 1. The van der Waals surface area contributed by atoms with Crippen LogP contribution in [0.2, 0.25) is 5.02 Å². The molecular weight excluding hydrogens is 418 g/mol. The fraction of sp³-hybridized carbons (Fsp3) is 0. The zero-order chi connectivity index (χ0) is 20.9. The van der Waals surface area contributed by atoms with Crippen molar-refractivity contribution in [2.45, 2.75) is 0 Å². The average molecular weight is 434 g/mol. The van der Waals surface area contributed by atoms with Gasteiger partial charge in [-0.25, -0.2) is 9.97 Å². The van der Waals surface area contributed by atoms with Crippen LogP contribution in [0, 0.1) is 0 Å². The second-order valence-electron chi connectivity index (χ2n) is 6.34. The van der Waals surface area contributed by atoms with Gasteiger partial charge in [0, 0.05) is 27.9 Å². The first-order valence-corrected chi connectivity index (χ1v) is 9.83. The molecule has 0 saturated heterocycles. The third-order valence-corrected chi connectivity index (χ3v) is 4.69. The molecule has 2 heterocycles. The number of rotatable bonds is 3. The fourth-order valence-corrected chi connectivity index (χ4v) is 3.26. The van der Waals surface area contributed by atoms with Gasteiger partial charge in [0.05, 0.1) is 11.3 Å². The molecule has 8 heteroatoms. The summed E-state index contributed by atoms with van der Waals surface area (Å²) >= 11 is 11.2. The first-order valence-electron chi connectivity index (χ1n) is 9.04. The van der Waals surface area contributed by atoms with Gasteiger partial charge in [-0.15, -0.1) is 0 Å². The zero-order valence-electron chi connectivity index (χ0n) is 15.6. The van der Waals surface area contributed by atoms with Crippen molar-refractivity contribution in [2.75, 3.05) is 5.32 Å². The van der Waals surface area contributed by atoms with Gasteiger partial charge in [-0.1, -0.05) is 48.0 Å². The number of amides is 1. The highest BCUT2D eigenvalue weighted by Crippen LogP contribution is 2.24. The summed E-state index contributed by atoms with van der Waals surface area (Å²) in [7, 11) is 0. The number of halogens is 1. The van der Waals surface area contributed by atoms with Crippen LogP contribution < -0.4 is 16.2 Å². The van der Waals surface area contributed by atoms with E-state index in [4.69, 9.17) is 23.8 Å². The smallest absolute Gasteiger partial charge is 0.271 e. The van der Waals surface area contributed by atoms with Crippen LogP contribution in [0.4, 0.5) is 5.69 Å². The van der Waals surface area contributed by atoms with E-state index in [9.17, 15) is 4.79 Å². The molecule has 1 amide bonds. The Balaban J connectivity index is 1.57. The average Bonchev–Trinajstić information content (AvgIpc) is 2.77. The number of benzene rings is 2. The van der Waals surface area contributed by atoms with Crippen LogP contribution in [0.15, 0.2) is 79.0 Å². The molecule has 2 aromatic heterocycles. The fourth-order valence-electron chi connectivity index (χ4n) is 2.90. The van der Waals surface area contributed by atoms with E-state index in [1.807, 2.05) is 42.5 Å². The van der Waals surface area contributed by atoms with Gasteiger partial charge in [-0.2, -0.15) is 0 Å². The van der Waals surface area contributed by atoms with E-state index in [1.54, 1.807) is 36.5 Å². The van der Waals surface area contributed by atoms with Crippen LogP contribution >= 0.6 is 23.8 Å². The normalized spacial score (nSPS) is 10.4. The Morgan fingerprint density at radius 3 is 2.57 bits per heavy atom. The van der Waals surface area contributed by atoms with E-state index < -0.39 is 0 Å². The molecule has 4 rings (SSSR count). The van der Waals surface area contributed by atoms with Crippen LogP contribution in [0.25, 0.3) is 22.3 Å². The van der Waals surface area contributed by atoms with Crippen molar-refractivity contribution < 1.29 is 4.79 Å². The maximum atomic E-state index is 13.0. The zero-order valence-corrected chi connectivity index (χ0v) is 17.2. The molecule has 0 atom stereocenters. The molecule has 0 unspecified atom stereocenters. The number of nitrogens with zero attached hydrogens (tertiary/aromatic N) is 2. The first kappa shape index (κ1) is 19.8. The second kappa shape index (κ2) is 8.86. The van der Waals surface area contributed by atoms with E-state index >= 15 is 0 Å². The van der Waals surface area contributed by atoms with Gasteiger partial charge < -0.3 is 5.32 Å². The molecule has 0 radical (unpaired) electrons. The summed E-state index contributed by atoms with van der Waals surface area (Å²) in [6.07, 6.45) is 1.67. The molecule has 0 bridgehead atoms. The van der Waals surface area contributed by atoms with Crippen LogP contribution in [-0.2, 0) is 0 Å². The third kappa shape index (κ3) is 4.53. The topological polar surface area (TPSA) is 78.9 Å². The summed E-state index contributed by atoms with van der Waals surface area (Å²) in [5.74, 6) is -0.373. The minimum atomic E-state index is -0.373. The number of pyridine rings is 2. The minimum absolute atomic E-state index is 0.224. The van der Waals surface area contributed by atoms with E-state index in [-0.39, 0.29) is 11.0 Å². The maximum Gasteiger partial charge on any atom is 0.271 e. The second-order valence-corrected chi connectivity index (χ2v) is 7.19. The molecule has 0 fully saturated rings. The van der Waals surface area contributed by atoms with Crippen molar-refractivity contribution in [2.24, 2.45) is 0 Å². The monoisotopic (exact) mass is 433 g/mol. The van der Waals surface area contributed by atoms with Crippen LogP contribution in [-0.4, -0.2) is 21.0 Å². The minimum Gasteiger partial charge on any atom is -0.331 e. The molecule has 2 aromatic carbocycles. The van der Waals surface area contributed by atoms with Crippen LogP contribution in [0.5, 0.6) is 0 Å². The van der Waals surface area contributed by atoms with E-state index in [0.717, 1.165) is 10.9 Å². The quantitative estimate of drug-likeness (QED) is 0.324. The number of hydrogen-bond acceptors (Lipinski definition) is 4. The van der Waals surface area contributed by atoms with Crippen molar-refractivity contribution in [1.82, 2.24) is 20.8 Å². The van der Waals surface area contributed by atoms with Crippen molar-refractivity contribution >= 4 is 51.6 Å². The highest BCUT2D eigenvalue weighted by molar-refractivity contribution is 7.80. The molecule has 30 heavy (non-hydrogen) atoms. The molecule has 148 valence electrons. The summed E-state index contributed by atoms with van der Waals surface area (Å²) < 4.78 is 0. The van der Waals surface area contributed by atoms with Gasteiger partial charge in [-0.3, -0.25) is 15.6 Å². The molecule has 0 saturated carbocycles. The first-order chi connectivity index (χ1) is 14.6. The molecule has 3 N–H and O–H groups in total. The van der Waals surface area contributed by atoms with Crippen LogP contribution in [0.3, 0.4) is 0 Å². The largest absolute Gasteiger partial charge is 0.331 e. The highest BCUT2D eigenvalue weighted by atomic mass is 35.5. The number of aromatic nitrogens is 2.